The molecule has 0 radical (unpaired) electrons. The molecule has 0 aliphatic carbocycles. The zero-order chi connectivity index (χ0) is 23.8. The van der Waals surface area contributed by atoms with E-state index in [1.807, 2.05) is 9.48 Å². The Morgan fingerprint density at radius 3 is 1.73 bits per heavy atom. The summed E-state index contributed by atoms with van der Waals surface area (Å²) >= 11 is 0. The summed E-state index contributed by atoms with van der Waals surface area (Å²) in [7, 11) is -13.4. The molecule has 30 heavy (non-hydrogen) atoms. The lowest BCUT2D eigenvalue weighted by Crippen LogP contribution is -2.39. The summed E-state index contributed by atoms with van der Waals surface area (Å²) in [5.74, 6) is 1.13. The first-order valence-electron chi connectivity index (χ1n) is 8.73. The predicted molar refractivity (Wildman–Crippen MR) is 92.7 cm³/mol. The Morgan fingerprint density at radius 1 is 0.900 bits per heavy atom. The molecule has 0 spiro atoms. The second-order valence-corrected chi connectivity index (χ2v) is 9.21. The van der Waals surface area contributed by atoms with Crippen LogP contribution in [0.25, 0.3) is 4.13 Å². The van der Waals surface area contributed by atoms with Gasteiger partial charge in [-0.3, -0.25) is 0 Å². The number of aromatic nitrogens is 4. The van der Waals surface area contributed by atoms with E-state index in [1.54, 1.807) is 0 Å². The predicted octanol–water partition coefficient (Wildman–Crippen LogP) is 2.79. The van der Waals surface area contributed by atoms with Gasteiger partial charge >= 0.3 is 11.0 Å². The maximum absolute atomic E-state index is 11.4. The molecule has 0 atom stereocenters. The van der Waals surface area contributed by atoms with E-state index in [0.717, 1.165) is 35.9 Å². The highest BCUT2D eigenvalue weighted by Crippen LogP contribution is 2.36. The van der Waals surface area contributed by atoms with E-state index in [-0.39, 0.29) is 0 Å². The van der Waals surface area contributed by atoms with Crippen molar-refractivity contribution in [1.29, 1.82) is 0 Å². The van der Waals surface area contributed by atoms with Crippen LogP contribution in [0.15, 0.2) is 0 Å². The minimum atomic E-state index is -6.72. The number of aryl methyl sites for hydroxylation is 3. The molecule has 0 saturated heterocycles. The zero-order valence-corrected chi connectivity index (χ0v) is 18.0. The average molecular weight is 491 g/mol. The van der Waals surface area contributed by atoms with Gasteiger partial charge < -0.3 is 4.13 Å². The number of rotatable bonds is 9. The van der Waals surface area contributed by atoms with Gasteiger partial charge in [-0.25, -0.2) is 16.8 Å². The molecule has 178 valence electrons. The number of tetrazole rings is 1. The second-order valence-electron chi connectivity index (χ2n) is 5.79. The Labute approximate surface area is 170 Å². The average Bonchev–Trinajstić information content (AvgIpc) is 2.98. The van der Waals surface area contributed by atoms with Crippen molar-refractivity contribution in [3.05, 3.63) is 9.95 Å². The van der Waals surface area contributed by atoms with E-state index < -0.39 is 31.1 Å². The number of nitrogens with zero attached hydrogens (tertiary/aromatic N) is 5. The molecule has 0 fully saturated rings. The lowest BCUT2D eigenvalue weighted by molar-refractivity contribution is -0.759. The molecular weight excluding hydrogens is 468 g/mol. The van der Waals surface area contributed by atoms with Gasteiger partial charge in [0.05, 0.1) is 16.9 Å². The molecule has 0 aromatic carbocycles. The number of sulfonamides is 2. The number of unbranched alkanes of at least 4 members (excludes halogenated alkanes) is 2. The van der Waals surface area contributed by atoms with E-state index in [4.69, 9.17) is 0 Å². The summed E-state index contributed by atoms with van der Waals surface area (Å²) in [5, 5.41) is 8.97. The van der Waals surface area contributed by atoms with Crippen LogP contribution in [0.2, 0.25) is 0 Å². The highest BCUT2D eigenvalue weighted by atomic mass is 32.3. The standard InChI is InChI=1S/C11H23N4.C2F6NO4S2/c1-4-7-9-11-12-15(10-8-5-2)13-14(11)6-3;3-1(4,5)14(10,11)9-15(12,13)2(6,7)8/h4-10H2,1-3H3;/q+1;-1. The Kier molecular flexibility index (Phi) is 10.7. The minimum Gasteiger partial charge on any atom is -0.421 e. The van der Waals surface area contributed by atoms with E-state index >= 15 is 0 Å². The lowest BCUT2D eigenvalue weighted by Gasteiger charge is -2.22. The Hall–Kier alpha value is -1.49. The summed E-state index contributed by atoms with van der Waals surface area (Å²) in [5.41, 5.74) is -12.4. The highest BCUT2D eigenvalue weighted by Gasteiger charge is 2.46. The highest BCUT2D eigenvalue weighted by molar-refractivity contribution is 8.13. The quantitative estimate of drug-likeness (QED) is 0.387. The van der Waals surface area contributed by atoms with Gasteiger partial charge in [0.25, 0.3) is 5.82 Å². The second kappa shape index (κ2) is 11.2. The summed E-state index contributed by atoms with van der Waals surface area (Å²) in [6, 6.07) is 0. The number of halogens is 6. The summed E-state index contributed by atoms with van der Waals surface area (Å²) < 4.78 is 111. The van der Waals surface area contributed by atoms with Gasteiger partial charge in [-0.05, 0) is 24.6 Å². The molecule has 0 aliphatic rings. The first-order chi connectivity index (χ1) is 13.5. The Morgan fingerprint density at radius 2 is 1.37 bits per heavy atom. The first kappa shape index (κ1) is 28.5. The fraction of sp³-hybridized carbons (Fsp3) is 0.923. The van der Waals surface area contributed by atoms with Gasteiger partial charge in [-0.1, -0.05) is 26.7 Å². The van der Waals surface area contributed by atoms with E-state index in [0.29, 0.717) is 0 Å². The van der Waals surface area contributed by atoms with Crippen LogP contribution in [-0.4, -0.2) is 43.0 Å². The number of alkyl halides is 6. The van der Waals surface area contributed by atoms with E-state index in [2.05, 4.69) is 31.1 Å². The van der Waals surface area contributed by atoms with Crippen molar-refractivity contribution in [3.63, 3.8) is 0 Å². The fourth-order valence-corrected chi connectivity index (χ4v) is 3.46. The molecule has 1 rings (SSSR count). The van der Waals surface area contributed by atoms with Crippen LogP contribution in [0.5, 0.6) is 0 Å². The SMILES string of the molecule is CCCCc1nn(CCCC)n[n+]1CC.O=S(=O)([N-]S(=O)(=O)C(F)(F)F)C(F)(F)F. The summed E-state index contributed by atoms with van der Waals surface area (Å²) in [4.78, 5) is 1.85. The van der Waals surface area contributed by atoms with Crippen LogP contribution in [0.3, 0.4) is 0 Å². The van der Waals surface area contributed by atoms with Crippen LogP contribution in [0.1, 0.15) is 52.3 Å². The third-order valence-electron chi connectivity index (χ3n) is 3.29. The monoisotopic (exact) mass is 491 g/mol. The normalized spacial score (nSPS) is 13.1. The molecule has 0 N–H and O–H groups in total. The van der Waals surface area contributed by atoms with Crippen LogP contribution >= 0.6 is 0 Å². The molecule has 0 saturated carbocycles. The fourth-order valence-electron chi connectivity index (χ4n) is 1.75. The largest absolute Gasteiger partial charge is 0.480 e. The zero-order valence-electron chi connectivity index (χ0n) is 16.4. The van der Waals surface area contributed by atoms with Crippen molar-refractivity contribution in [1.82, 2.24) is 15.1 Å². The molecular formula is C13H23F6N5O4S2. The first-order valence-corrected chi connectivity index (χ1v) is 11.6. The molecule has 9 nitrogen and oxygen atoms in total. The van der Waals surface area contributed by atoms with Crippen LogP contribution < -0.4 is 4.68 Å². The van der Waals surface area contributed by atoms with Crippen LogP contribution in [-0.2, 0) is 39.6 Å². The van der Waals surface area contributed by atoms with Crippen molar-refractivity contribution in [2.75, 3.05) is 0 Å². The van der Waals surface area contributed by atoms with E-state index in [1.165, 1.54) is 19.3 Å². The van der Waals surface area contributed by atoms with Crippen molar-refractivity contribution >= 4 is 20.0 Å². The maximum Gasteiger partial charge on any atom is 0.480 e. The third-order valence-corrected chi connectivity index (χ3v) is 6.03. The maximum atomic E-state index is 11.4. The van der Waals surface area contributed by atoms with Crippen molar-refractivity contribution in [2.24, 2.45) is 0 Å². The van der Waals surface area contributed by atoms with Crippen molar-refractivity contribution in [3.8, 4) is 0 Å². The van der Waals surface area contributed by atoms with Gasteiger partial charge in [0.15, 0.2) is 20.0 Å². The van der Waals surface area contributed by atoms with Gasteiger partial charge in [0.2, 0.25) is 0 Å². The Bertz CT molecular complexity index is 824. The van der Waals surface area contributed by atoms with Crippen molar-refractivity contribution < 1.29 is 47.9 Å². The number of hydrogen-bond donors (Lipinski definition) is 0. The summed E-state index contributed by atoms with van der Waals surface area (Å²) in [6.07, 6.45) is 5.82. The van der Waals surface area contributed by atoms with Gasteiger partial charge in [0.1, 0.15) is 6.54 Å². The minimum absolute atomic E-state index is 0.778. The molecule has 0 aliphatic heterocycles. The van der Waals surface area contributed by atoms with Crippen LogP contribution in [0, 0.1) is 0 Å². The summed E-state index contributed by atoms with van der Waals surface area (Å²) in [6.45, 7) is 8.38. The Balaban J connectivity index is 0.000000561. The topological polar surface area (TPSA) is 117 Å². The molecule has 1 aromatic heterocycles. The van der Waals surface area contributed by atoms with Crippen molar-refractivity contribution in [2.45, 2.75) is 77.0 Å². The smallest absolute Gasteiger partial charge is 0.421 e. The van der Waals surface area contributed by atoms with Gasteiger partial charge in [-0.15, -0.1) is 4.68 Å². The molecule has 0 unspecified atom stereocenters. The molecule has 0 bridgehead atoms. The molecule has 1 aromatic rings. The molecule has 0 amide bonds. The van der Waals surface area contributed by atoms with E-state index in [9.17, 15) is 43.2 Å². The lowest BCUT2D eigenvalue weighted by atomic mass is 10.2. The van der Waals surface area contributed by atoms with Gasteiger partial charge in [0, 0.05) is 6.42 Å². The third kappa shape index (κ3) is 8.71. The number of hydrogen-bond acceptors (Lipinski definition) is 6. The van der Waals surface area contributed by atoms with Crippen LogP contribution in [0.4, 0.5) is 26.3 Å². The molecule has 1 heterocycles. The van der Waals surface area contributed by atoms with Gasteiger partial charge in [-0.2, -0.15) is 26.3 Å². The molecule has 17 heteroatoms.